The zero-order valence-electron chi connectivity index (χ0n) is 19.3. The van der Waals surface area contributed by atoms with E-state index in [0.717, 1.165) is 22.3 Å². The molecule has 4 rings (SSSR count). The van der Waals surface area contributed by atoms with Crippen LogP contribution in [-0.2, 0) is 20.9 Å². The molecule has 2 aromatic rings. The van der Waals surface area contributed by atoms with Gasteiger partial charge in [0.15, 0.2) is 5.78 Å². The number of ether oxygens (including phenoxy) is 2. The molecule has 1 aromatic carbocycles. The Hall–Kier alpha value is -2.80. The van der Waals surface area contributed by atoms with Crippen LogP contribution in [0.4, 0.5) is 0 Å². The highest BCUT2D eigenvalue weighted by molar-refractivity contribution is 9.10. The summed E-state index contributed by atoms with van der Waals surface area (Å²) in [7, 11) is 0. The molecule has 33 heavy (non-hydrogen) atoms. The number of ketones is 1. The van der Waals surface area contributed by atoms with Crippen LogP contribution in [-0.4, -0.2) is 18.4 Å². The Labute approximate surface area is 202 Å². The van der Waals surface area contributed by atoms with Crippen molar-refractivity contribution in [3.05, 3.63) is 74.9 Å². The molecule has 1 aliphatic carbocycles. The van der Waals surface area contributed by atoms with Gasteiger partial charge in [0.05, 0.1) is 18.1 Å². The van der Waals surface area contributed by atoms with Gasteiger partial charge < -0.3 is 19.2 Å². The van der Waals surface area contributed by atoms with Gasteiger partial charge in [-0.05, 0) is 62.1 Å². The van der Waals surface area contributed by atoms with E-state index in [-0.39, 0.29) is 24.4 Å². The zero-order chi connectivity index (χ0) is 23.8. The summed E-state index contributed by atoms with van der Waals surface area (Å²) in [6.45, 7) is 8.25. The highest BCUT2D eigenvalue weighted by Crippen LogP contribution is 2.47. The summed E-state index contributed by atoms with van der Waals surface area (Å²) in [5.41, 5.74) is 2.40. The highest BCUT2D eigenvalue weighted by atomic mass is 79.9. The molecule has 1 N–H and O–H groups in total. The number of halogens is 1. The van der Waals surface area contributed by atoms with Crippen LogP contribution in [0.5, 0.6) is 5.75 Å². The lowest BCUT2D eigenvalue weighted by Gasteiger charge is -2.38. The van der Waals surface area contributed by atoms with Crippen LogP contribution in [0.3, 0.4) is 0 Å². The van der Waals surface area contributed by atoms with Crippen molar-refractivity contribution in [3.63, 3.8) is 0 Å². The van der Waals surface area contributed by atoms with Gasteiger partial charge in [0.1, 0.15) is 23.9 Å². The van der Waals surface area contributed by atoms with Crippen molar-refractivity contribution >= 4 is 27.7 Å². The van der Waals surface area contributed by atoms with Crippen molar-refractivity contribution < 1.29 is 23.5 Å². The Morgan fingerprint density at radius 3 is 2.61 bits per heavy atom. The molecule has 0 saturated carbocycles. The first-order valence-electron chi connectivity index (χ1n) is 11.1. The maximum Gasteiger partial charge on any atom is 0.336 e. The Bertz CT molecular complexity index is 1140. The van der Waals surface area contributed by atoms with Crippen LogP contribution < -0.4 is 10.1 Å². The smallest absolute Gasteiger partial charge is 0.336 e. The molecule has 2 heterocycles. The standard InChI is InChI=1S/C26H28BrNO5/c1-5-31-25(30)22-15(2)28-19-12-26(3,4)13-20(29)23(19)24(22)21-11-10-18(33-21)14-32-17-8-6-16(27)7-9-17/h6-11,24,28H,5,12-14H2,1-4H3/t24-/m1/s1. The van der Waals surface area contributed by atoms with Crippen molar-refractivity contribution in [1.29, 1.82) is 0 Å². The number of nitrogens with one attached hydrogen (secondary N) is 1. The number of hydrogen-bond acceptors (Lipinski definition) is 6. The predicted octanol–water partition coefficient (Wildman–Crippen LogP) is 5.79. The molecule has 6 nitrogen and oxygen atoms in total. The molecule has 0 bridgehead atoms. The summed E-state index contributed by atoms with van der Waals surface area (Å²) in [6.07, 6.45) is 1.14. The average molecular weight is 514 g/mol. The maximum absolute atomic E-state index is 13.3. The molecular weight excluding hydrogens is 486 g/mol. The SMILES string of the molecule is CCOC(=O)C1=C(C)NC2=C(C(=O)CC(C)(C)C2)[C@@H]1c1ccc(COc2ccc(Br)cc2)o1. The fourth-order valence-electron chi connectivity index (χ4n) is 4.51. The lowest BCUT2D eigenvalue weighted by atomic mass is 9.69. The lowest BCUT2D eigenvalue weighted by Crippen LogP contribution is -2.38. The summed E-state index contributed by atoms with van der Waals surface area (Å²) < 4.78 is 18.3. The molecule has 7 heteroatoms. The van der Waals surface area contributed by atoms with Crippen LogP contribution >= 0.6 is 15.9 Å². The fraction of sp³-hybridized carbons (Fsp3) is 0.385. The third-order valence-electron chi connectivity index (χ3n) is 5.90. The van der Waals surface area contributed by atoms with Crippen LogP contribution in [0.25, 0.3) is 0 Å². The van der Waals surface area contributed by atoms with Crippen molar-refractivity contribution in [2.45, 2.75) is 53.1 Å². The topological polar surface area (TPSA) is 77.8 Å². The van der Waals surface area contributed by atoms with E-state index < -0.39 is 11.9 Å². The number of allylic oxidation sites excluding steroid dienone is 3. The molecule has 174 valence electrons. The van der Waals surface area contributed by atoms with Gasteiger partial charge in [-0.2, -0.15) is 0 Å². The van der Waals surface area contributed by atoms with Crippen molar-refractivity contribution in [2.75, 3.05) is 6.61 Å². The van der Waals surface area contributed by atoms with E-state index in [4.69, 9.17) is 13.9 Å². The van der Waals surface area contributed by atoms with E-state index in [1.807, 2.05) is 43.3 Å². The molecule has 0 amide bonds. The Morgan fingerprint density at radius 1 is 1.18 bits per heavy atom. The molecule has 1 aromatic heterocycles. The normalized spacial score (nSPS) is 19.8. The summed E-state index contributed by atoms with van der Waals surface area (Å²) in [6, 6.07) is 11.2. The molecular formula is C26H28BrNO5. The lowest BCUT2D eigenvalue weighted by molar-refractivity contribution is -0.138. The quantitative estimate of drug-likeness (QED) is 0.492. The molecule has 0 fully saturated rings. The molecule has 0 saturated heterocycles. The van der Waals surface area contributed by atoms with Gasteiger partial charge in [0.2, 0.25) is 0 Å². The fourth-order valence-corrected chi connectivity index (χ4v) is 4.78. The summed E-state index contributed by atoms with van der Waals surface area (Å²) in [4.78, 5) is 26.2. The van der Waals surface area contributed by atoms with Gasteiger partial charge in [-0.25, -0.2) is 4.79 Å². The van der Waals surface area contributed by atoms with E-state index in [0.29, 0.717) is 34.8 Å². The number of hydrogen-bond donors (Lipinski definition) is 1. The van der Waals surface area contributed by atoms with Crippen LogP contribution in [0.1, 0.15) is 58.0 Å². The van der Waals surface area contributed by atoms with Gasteiger partial charge in [-0.1, -0.05) is 29.8 Å². The minimum Gasteiger partial charge on any atom is -0.486 e. The second-order valence-electron chi connectivity index (χ2n) is 9.20. The van der Waals surface area contributed by atoms with Crippen LogP contribution in [0.2, 0.25) is 0 Å². The Morgan fingerprint density at radius 2 is 1.91 bits per heavy atom. The van der Waals surface area contributed by atoms with Crippen molar-refractivity contribution in [2.24, 2.45) is 5.41 Å². The average Bonchev–Trinajstić information content (AvgIpc) is 3.20. The number of carbonyl (C=O) groups excluding carboxylic acids is 2. The Balaban J connectivity index is 1.67. The molecule has 0 radical (unpaired) electrons. The minimum atomic E-state index is -0.606. The number of carbonyl (C=O) groups is 2. The van der Waals surface area contributed by atoms with E-state index in [9.17, 15) is 9.59 Å². The molecule has 1 aliphatic heterocycles. The second-order valence-corrected chi connectivity index (χ2v) is 10.1. The number of benzene rings is 1. The molecule has 0 spiro atoms. The monoisotopic (exact) mass is 513 g/mol. The highest BCUT2D eigenvalue weighted by Gasteiger charge is 2.44. The molecule has 0 unspecified atom stereocenters. The first-order chi connectivity index (χ1) is 15.7. The second kappa shape index (κ2) is 9.21. The third kappa shape index (κ3) is 4.93. The minimum absolute atomic E-state index is 0.0251. The van der Waals surface area contributed by atoms with Crippen LogP contribution in [0, 0.1) is 5.41 Å². The first-order valence-corrected chi connectivity index (χ1v) is 11.9. The maximum atomic E-state index is 13.3. The van der Waals surface area contributed by atoms with E-state index in [1.54, 1.807) is 6.92 Å². The number of rotatable bonds is 6. The zero-order valence-corrected chi connectivity index (χ0v) is 20.9. The predicted molar refractivity (Wildman–Crippen MR) is 127 cm³/mol. The van der Waals surface area contributed by atoms with E-state index in [2.05, 4.69) is 35.1 Å². The Kier molecular flexibility index (Phi) is 6.52. The van der Waals surface area contributed by atoms with Crippen molar-refractivity contribution in [1.82, 2.24) is 5.32 Å². The van der Waals surface area contributed by atoms with E-state index >= 15 is 0 Å². The van der Waals surface area contributed by atoms with Gasteiger partial charge in [0, 0.05) is 27.9 Å². The van der Waals surface area contributed by atoms with Gasteiger partial charge in [-0.15, -0.1) is 0 Å². The summed E-state index contributed by atoms with van der Waals surface area (Å²) in [5, 5.41) is 3.32. The van der Waals surface area contributed by atoms with Crippen molar-refractivity contribution in [3.8, 4) is 5.75 Å². The summed E-state index contributed by atoms with van der Waals surface area (Å²) in [5.74, 6) is 0.839. The molecule has 2 aliphatic rings. The van der Waals surface area contributed by atoms with E-state index in [1.165, 1.54) is 0 Å². The first kappa shape index (κ1) is 23.4. The van der Waals surface area contributed by atoms with Gasteiger partial charge >= 0.3 is 5.97 Å². The number of dihydropyridines is 1. The number of furan rings is 1. The number of esters is 1. The molecule has 1 atom stereocenters. The largest absolute Gasteiger partial charge is 0.486 e. The summed E-state index contributed by atoms with van der Waals surface area (Å²) >= 11 is 3.41. The number of Topliss-reactive ketones (excluding diaryl/α,β-unsaturated/α-hetero) is 1. The third-order valence-corrected chi connectivity index (χ3v) is 6.43. The van der Waals surface area contributed by atoms with Gasteiger partial charge in [-0.3, -0.25) is 4.79 Å². The van der Waals surface area contributed by atoms with Crippen LogP contribution in [0.15, 0.2) is 67.8 Å². The van der Waals surface area contributed by atoms with Gasteiger partial charge in [0.25, 0.3) is 0 Å².